The number of ether oxygens (including phenoxy) is 2. The predicted octanol–water partition coefficient (Wildman–Crippen LogP) is 5.87. The van der Waals surface area contributed by atoms with Crippen LogP contribution in [0.2, 0.25) is 18.6 Å². The molecule has 9 nitrogen and oxygen atoms in total. The van der Waals surface area contributed by atoms with Gasteiger partial charge in [0.1, 0.15) is 5.75 Å². The van der Waals surface area contributed by atoms with Crippen molar-refractivity contribution in [3.63, 3.8) is 0 Å². The van der Waals surface area contributed by atoms with E-state index in [1.54, 1.807) is 22.9 Å². The number of unbranched alkanes of at least 4 members (excludes halogenated alkanes) is 1. The maximum Gasteiger partial charge on any atom is 0.268 e. The van der Waals surface area contributed by atoms with Crippen molar-refractivity contribution in [2.24, 2.45) is 5.92 Å². The maximum atomic E-state index is 16.1. The summed E-state index contributed by atoms with van der Waals surface area (Å²) in [5.41, 5.74) is 2.07. The molecule has 3 aliphatic heterocycles. The highest BCUT2D eigenvalue weighted by Gasteiger charge is 2.67. The molecule has 6 rings (SSSR count). The number of halogens is 1. The first-order chi connectivity index (χ1) is 23.1. The van der Waals surface area contributed by atoms with Gasteiger partial charge >= 0.3 is 0 Å². The molecule has 0 radical (unpaired) electrons. The van der Waals surface area contributed by atoms with Crippen molar-refractivity contribution < 1.29 is 33.4 Å². The van der Waals surface area contributed by atoms with Gasteiger partial charge in [-0.15, -0.1) is 0 Å². The molecular formula is C37H46FN3O6Si. The number of benzene rings is 3. The van der Waals surface area contributed by atoms with Crippen LogP contribution in [0.4, 0.5) is 26.9 Å². The van der Waals surface area contributed by atoms with E-state index in [9.17, 15) is 19.8 Å². The van der Waals surface area contributed by atoms with Crippen molar-refractivity contribution in [3.05, 3.63) is 77.9 Å². The van der Waals surface area contributed by atoms with Crippen LogP contribution in [0.15, 0.2) is 66.7 Å². The SMILES string of the molecule is CCOc1ccc2c(c1)CC(NCCCCO)C(=O)N2c1ccc2c(c1)[C@@]1(O[C@H](CCO)[C@@H]([Si](C)(C)F)[C@@H]1C)C(=O)N2c1ccccc1. The number of carbonyl (C=O) groups excluding carboxylic acids is 2. The Hall–Kier alpha value is -3.61. The lowest BCUT2D eigenvalue weighted by molar-refractivity contribution is -0.145. The molecule has 1 unspecified atom stereocenters. The third kappa shape index (κ3) is 5.85. The molecule has 3 heterocycles. The van der Waals surface area contributed by atoms with Crippen LogP contribution in [-0.2, 0) is 26.3 Å². The van der Waals surface area contributed by atoms with Crippen LogP contribution in [0.5, 0.6) is 5.75 Å². The zero-order valence-corrected chi connectivity index (χ0v) is 29.1. The Morgan fingerprint density at radius 2 is 1.73 bits per heavy atom. The Labute approximate surface area is 282 Å². The molecule has 3 N–H and O–H groups in total. The van der Waals surface area contributed by atoms with Gasteiger partial charge in [-0.2, -0.15) is 0 Å². The summed E-state index contributed by atoms with van der Waals surface area (Å²) >= 11 is 0. The summed E-state index contributed by atoms with van der Waals surface area (Å²) in [6.07, 6.45) is 1.41. The molecule has 1 fully saturated rings. The number of amides is 2. The molecule has 3 aliphatic rings. The van der Waals surface area contributed by atoms with Crippen molar-refractivity contribution in [3.8, 4) is 5.75 Å². The molecule has 5 atom stereocenters. The third-order valence-electron chi connectivity index (χ3n) is 10.1. The van der Waals surface area contributed by atoms with Crippen LogP contribution in [0.3, 0.4) is 0 Å². The van der Waals surface area contributed by atoms with E-state index in [1.165, 1.54) is 0 Å². The van der Waals surface area contributed by atoms with Crippen molar-refractivity contribution in [1.29, 1.82) is 0 Å². The van der Waals surface area contributed by atoms with Gasteiger partial charge in [-0.25, -0.2) is 0 Å². The van der Waals surface area contributed by atoms with Crippen LogP contribution in [0.1, 0.15) is 44.2 Å². The molecule has 11 heteroatoms. The summed E-state index contributed by atoms with van der Waals surface area (Å²) in [4.78, 5) is 32.5. The van der Waals surface area contributed by atoms with Crippen LogP contribution in [0.25, 0.3) is 0 Å². The minimum absolute atomic E-state index is 0.0884. The fraction of sp³-hybridized carbons (Fsp3) is 0.459. The van der Waals surface area contributed by atoms with Gasteiger partial charge in [-0.05, 0) is 106 Å². The van der Waals surface area contributed by atoms with Gasteiger partial charge < -0.3 is 29.1 Å². The zero-order chi connectivity index (χ0) is 34.2. The van der Waals surface area contributed by atoms with E-state index in [2.05, 4.69) is 5.32 Å². The molecule has 0 saturated carbocycles. The van der Waals surface area contributed by atoms with Gasteiger partial charge in [0.2, 0.25) is 14.3 Å². The highest BCUT2D eigenvalue weighted by molar-refractivity contribution is 6.72. The lowest BCUT2D eigenvalue weighted by atomic mass is 9.82. The van der Waals surface area contributed by atoms with Gasteiger partial charge in [0.25, 0.3) is 5.91 Å². The first-order valence-electron chi connectivity index (χ1n) is 17.0. The van der Waals surface area contributed by atoms with Gasteiger partial charge in [-0.3, -0.25) is 19.4 Å². The fourth-order valence-corrected chi connectivity index (χ4v) is 10.6. The highest BCUT2D eigenvalue weighted by atomic mass is 28.4. The number of aliphatic hydroxyl groups is 2. The Morgan fingerprint density at radius 3 is 2.42 bits per heavy atom. The van der Waals surface area contributed by atoms with Crippen molar-refractivity contribution in [1.82, 2.24) is 5.32 Å². The van der Waals surface area contributed by atoms with Crippen LogP contribution < -0.4 is 19.9 Å². The van der Waals surface area contributed by atoms with E-state index in [-0.39, 0.29) is 31.4 Å². The lowest BCUT2D eigenvalue weighted by Gasteiger charge is -2.36. The molecule has 0 aromatic heterocycles. The van der Waals surface area contributed by atoms with E-state index in [1.807, 2.05) is 80.6 Å². The first kappa shape index (κ1) is 34.3. The smallest absolute Gasteiger partial charge is 0.268 e. The molecule has 0 bridgehead atoms. The minimum atomic E-state index is -3.39. The number of nitrogens with zero attached hydrogens (tertiary/aromatic N) is 2. The van der Waals surface area contributed by atoms with E-state index in [0.717, 1.165) is 17.7 Å². The van der Waals surface area contributed by atoms with Crippen molar-refractivity contribution >= 4 is 43.0 Å². The monoisotopic (exact) mass is 675 g/mol. The van der Waals surface area contributed by atoms with Gasteiger partial charge in [-0.1, -0.05) is 25.1 Å². The number of para-hydroxylation sites is 1. The summed E-state index contributed by atoms with van der Waals surface area (Å²) in [7, 11) is -3.39. The Kier molecular flexibility index (Phi) is 9.79. The summed E-state index contributed by atoms with van der Waals surface area (Å²) in [6.45, 7) is 8.08. The highest BCUT2D eigenvalue weighted by Crippen LogP contribution is 2.61. The van der Waals surface area contributed by atoms with Gasteiger partial charge in [0.15, 0.2) is 5.60 Å². The number of nitrogens with one attached hydrogen (secondary N) is 1. The molecular weight excluding hydrogens is 630 g/mol. The quantitative estimate of drug-likeness (QED) is 0.125. The number of hydrogen-bond acceptors (Lipinski definition) is 7. The molecule has 48 heavy (non-hydrogen) atoms. The number of fused-ring (bicyclic) bond motifs is 3. The molecule has 0 aliphatic carbocycles. The second-order valence-corrected chi connectivity index (χ2v) is 17.3. The topological polar surface area (TPSA) is 112 Å². The molecule has 256 valence electrons. The number of anilines is 4. The molecule has 1 spiro atoms. The number of aliphatic hydroxyl groups excluding tert-OH is 2. The normalized spacial score (nSPS) is 25.1. The third-order valence-corrected chi connectivity index (χ3v) is 12.5. The summed E-state index contributed by atoms with van der Waals surface area (Å²) in [5, 5.41) is 22.6. The number of carbonyl (C=O) groups is 2. The van der Waals surface area contributed by atoms with E-state index in [0.29, 0.717) is 54.4 Å². The first-order valence-corrected chi connectivity index (χ1v) is 20.0. The van der Waals surface area contributed by atoms with Crippen molar-refractivity contribution in [2.45, 2.75) is 75.9 Å². The lowest BCUT2D eigenvalue weighted by Crippen LogP contribution is -2.49. The summed E-state index contributed by atoms with van der Waals surface area (Å²) in [5.74, 6) is -0.251. The van der Waals surface area contributed by atoms with E-state index < -0.39 is 37.6 Å². The minimum Gasteiger partial charge on any atom is -0.494 e. The molecule has 1 saturated heterocycles. The van der Waals surface area contributed by atoms with Crippen LogP contribution in [0, 0.1) is 5.92 Å². The van der Waals surface area contributed by atoms with Gasteiger partial charge in [0, 0.05) is 41.6 Å². The number of rotatable bonds is 12. The zero-order valence-electron chi connectivity index (χ0n) is 28.1. The molecule has 3 aromatic carbocycles. The standard InChI is InChI=1S/C37H46FN3O6Si/c1-5-46-28-14-16-31-25(21-28)22-30(39-18-9-10-19-42)35(44)40(31)27-13-15-32-29(23-27)37(36(45)41(32)26-11-7-6-8-12-26)24(2)34(48(3,4)38)33(47-37)17-20-43/h6-8,11-16,21,23-24,30,33-34,39,42-43H,5,9-10,17-20,22H2,1-4H3/t24-,30?,33+,34-,37+/m0/s1. The second kappa shape index (κ2) is 13.7. The molecule has 2 amide bonds. The van der Waals surface area contributed by atoms with E-state index in [4.69, 9.17) is 9.47 Å². The molecule has 3 aromatic rings. The Bertz CT molecular complexity index is 1650. The maximum absolute atomic E-state index is 16.1. The second-order valence-electron chi connectivity index (χ2n) is 13.5. The average Bonchev–Trinajstić information content (AvgIpc) is 3.50. The van der Waals surface area contributed by atoms with E-state index >= 15 is 4.11 Å². The van der Waals surface area contributed by atoms with Crippen molar-refractivity contribution in [2.75, 3.05) is 36.2 Å². The van der Waals surface area contributed by atoms with Gasteiger partial charge in [0.05, 0.1) is 30.1 Å². The fourth-order valence-electron chi connectivity index (χ4n) is 8.05. The van der Waals surface area contributed by atoms with Crippen LogP contribution >= 0.6 is 0 Å². The number of hydrogen-bond donors (Lipinski definition) is 3. The Morgan fingerprint density at radius 1 is 0.979 bits per heavy atom. The van der Waals surface area contributed by atoms with Crippen LogP contribution in [-0.4, -0.2) is 68.9 Å². The summed E-state index contributed by atoms with van der Waals surface area (Å²) in [6, 6.07) is 20.1. The predicted molar refractivity (Wildman–Crippen MR) is 186 cm³/mol. The summed E-state index contributed by atoms with van der Waals surface area (Å²) < 4.78 is 28.7. The average molecular weight is 676 g/mol. The largest absolute Gasteiger partial charge is 0.494 e. The Balaban J connectivity index is 1.50.